The SMILES string of the molecule is CCC(C)[C@@H]1NC(=O)CNC(=O)[C@@H]2Cc3c([nH]c4cc(O)ccc34)S(=O)C[C@@H](NC(=O)CNC1=O)C(=O)N[C@@H](CC(N)=O)C(=O)N1C[C@H](O)C[C@H]1C(=O)N[C@@H]([C@@H](C)[C@@H](O)COC(=O)OCCSSC[C@H](NC(=O)[C@H](CC(=O)O)NC(=O)[C@H](CC(=O)O)NC(=O)[C@H](CCCN=C(N)N)NC)C(=O)O)C(=O)N2. The number of aromatic amines is 1. The monoisotopic (exact) mass is 1540 g/mol. The Kier molecular flexibility index (Phi) is 33.2. The molecule has 12 amide bonds. The van der Waals surface area contributed by atoms with Crippen molar-refractivity contribution in [2.45, 2.75) is 150 Å². The molecule has 0 saturated carbocycles. The summed E-state index contributed by atoms with van der Waals surface area (Å²) < 4.78 is 25.1. The number of primary amides is 1. The molecule has 0 aliphatic carbocycles. The minimum absolute atomic E-state index is 0.0351. The predicted octanol–water partition coefficient (Wildman–Crippen LogP) is -8.25. The summed E-state index contributed by atoms with van der Waals surface area (Å²) in [5.74, 6) is -22.7. The lowest BCUT2D eigenvalue weighted by Gasteiger charge is -2.33. The Hall–Kier alpha value is -10.1. The third-order valence-electron chi connectivity index (χ3n) is 16.7. The molecule has 4 heterocycles. The molecule has 105 heavy (non-hydrogen) atoms. The third-order valence-corrected chi connectivity index (χ3v) is 20.5. The van der Waals surface area contributed by atoms with Gasteiger partial charge < -0.3 is 126 Å². The lowest BCUT2D eigenvalue weighted by atomic mass is 9.93. The van der Waals surface area contributed by atoms with Crippen molar-refractivity contribution >= 4 is 144 Å². The van der Waals surface area contributed by atoms with Crippen LogP contribution in [0, 0.1) is 11.8 Å². The number of aliphatic hydroxyl groups excluding tert-OH is 2. The van der Waals surface area contributed by atoms with Crippen LogP contribution in [0.5, 0.6) is 5.75 Å². The van der Waals surface area contributed by atoms with Gasteiger partial charge in [0.2, 0.25) is 70.9 Å². The first-order valence-corrected chi connectivity index (χ1v) is 36.4. The first kappa shape index (κ1) is 85.5. The van der Waals surface area contributed by atoms with Crippen LogP contribution in [0.1, 0.15) is 71.3 Å². The summed E-state index contributed by atoms with van der Waals surface area (Å²) in [6.45, 7) is 0.744. The molecule has 1 aromatic heterocycles. The van der Waals surface area contributed by atoms with Gasteiger partial charge in [-0.15, -0.1) is 0 Å². The van der Waals surface area contributed by atoms with Gasteiger partial charge in [0.05, 0.1) is 72.7 Å². The van der Waals surface area contributed by atoms with Crippen LogP contribution in [0.2, 0.25) is 0 Å². The smallest absolute Gasteiger partial charge is 0.508 e. The van der Waals surface area contributed by atoms with E-state index in [0.29, 0.717) is 0 Å². The van der Waals surface area contributed by atoms with Crippen molar-refractivity contribution in [1.29, 1.82) is 0 Å². The van der Waals surface area contributed by atoms with Crippen molar-refractivity contribution in [3.05, 3.63) is 23.8 Å². The minimum atomic E-state index is -2.51. The second-order valence-corrected chi connectivity index (χ2v) is 28.6. The highest BCUT2D eigenvalue weighted by molar-refractivity contribution is 8.76. The van der Waals surface area contributed by atoms with Crippen LogP contribution < -0.4 is 75.7 Å². The number of amides is 12. The number of fused-ring (bicyclic) bond motifs is 5. The number of aromatic hydroxyl groups is 1. The van der Waals surface area contributed by atoms with Gasteiger partial charge in [0.15, 0.2) is 5.96 Å². The number of likely N-dealkylation sites (N-methyl/N-ethyl adjacent to an activating group) is 1. The highest BCUT2D eigenvalue weighted by atomic mass is 33.1. The van der Waals surface area contributed by atoms with Gasteiger partial charge in [-0.3, -0.25) is 76.3 Å². The number of phenols is 1. The molecule has 3 aliphatic heterocycles. The summed E-state index contributed by atoms with van der Waals surface area (Å²) in [5.41, 5.74) is 16.2. The molecule has 2 unspecified atom stereocenters. The van der Waals surface area contributed by atoms with Gasteiger partial charge in [0.1, 0.15) is 78.4 Å². The first-order valence-electron chi connectivity index (χ1n) is 32.6. The maximum atomic E-state index is 15.1. The second-order valence-electron chi connectivity index (χ2n) is 24.5. The Morgan fingerprint density at radius 2 is 1.37 bits per heavy atom. The first-order chi connectivity index (χ1) is 49.5. The molecular formula is C60H87N17O25S3. The van der Waals surface area contributed by atoms with E-state index in [1.54, 1.807) is 13.8 Å². The van der Waals surface area contributed by atoms with Gasteiger partial charge in [0.25, 0.3) is 0 Å². The number of carboxylic acid groups (broad SMARTS) is 3. The molecule has 2 aromatic rings. The number of aliphatic imine (C=N–C) groups is 1. The number of hydrogen-bond donors (Lipinski definition) is 21. The van der Waals surface area contributed by atoms with Crippen LogP contribution >= 0.6 is 21.6 Å². The molecule has 3 aliphatic rings. The van der Waals surface area contributed by atoms with E-state index in [9.17, 15) is 107 Å². The maximum absolute atomic E-state index is 15.1. The van der Waals surface area contributed by atoms with E-state index in [0.717, 1.165) is 26.5 Å². The molecule has 5 rings (SSSR count). The van der Waals surface area contributed by atoms with Crippen LogP contribution in [0.15, 0.2) is 28.2 Å². The van der Waals surface area contributed by atoms with Crippen LogP contribution in [0.25, 0.3) is 10.9 Å². The number of H-pyrrole nitrogens is 1. The number of carbonyl (C=O) groups excluding carboxylic acids is 13. The standard InChI is InChI=1S/C60H87N17O25S3/c1-5-25(2)46-54(94)67-19-42(82)68-38-24-105(100)56-30(29-9-8-27(78)13-32(29)74-56)15-33(48(88)66-20-43(83)75-46)71-55(95)47(76-53(93)39-14-28(79)21-77(39)57(96)36(16-41(61)81)72-52(38)92)26(3)40(80)22-102-60(99)101-11-12-103-104-23-37(58(97)98)73-51(91)35(18-45(86)87)70-50(90)34(17-44(84)85)69-49(89)31(64-4)7-6-10-65-59(62)63/h8-9,13,25-26,28,31,33-40,46-47,64,74,78-80H,5-7,10-12,14-24H2,1-4H3,(H2,61,81)(H,66,88)(H,67,94)(H,68,82)(H,69,89)(H,70,90)(H,71,95)(H,72,92)(H,73,91)(H,75,83)(H,76,93)(H,84,85)(H,86,87)(H,97,98)(H4,62,63,65)/t25?,26-,28+,31-,33-,34-,35-,36-,37-,38+,39-,40-,46-,47-,105?/m0/s1. The number of hydrogen-bond acceptors (Lipinski definition) is 26. The van der Waals surface area contributed by atoms with E-state index in [1.165, 1.54) is 32.2 Å². The number of nitrogens with two attached hydrogens (primary N) is 3. The Balaban J connectivity index is 1.37. The molecule has 1 fully saturated rings. The number of phenolic OH excluding ortho intramolecular Hbond substituents is 1. The fourth-order valence-corrected chi connectivity index (χ4v) is 14.3. The molecule has 42 nitrogen and oxygen atoms in total. The lowest BCUT2D eigenvalue weighted by Crippen LogP contribution is -2.62. The van der Waals surface area contributed by atoms with E-state index < -0.39 is 267 Å². The quantitative estimate of drug-likeness (QED) is 0.0114. The number of guanidine groups is 1. The molecule has 24 N–H and O–H groups in total. The number of aliphatic hydroxyl groups is 2. The summed E-state index contributed by atoms with van der Waals surface area (Å²) in [4.78, 5) is 223. The number of nitrogens with one attached hydrogen (secondary N) is 12. The topological polar surface area (TPSA) is 672 Å². The van der Waals surface area contributed by atoms with Crippen molar-refractivity contribution in [1.82, 2.24) is 68.4 Å². The molecule has 580 valence electrons. The number of carbonyl (C=O) groups is 16. The van der Waals surface area contributed by atoms with Crippen LogP contribution in [0.4, 0.5) is 4.79 Å². The Morgan fingerprint density at radius 1 is 0.752 bits per heavy atom. The van der Waals surface area contributed by atoms with Crippen molar-refractivity contribution in [2.24, 2.45) is 34.0 Å². The normalized spacial score (nSPS) is 22.7. The van der Waals surface area contributed by atoms with Gasteiger partial charge >= 0.3 is 24.1 Å². The van der Waals surface area contributed by atoms with Gasteiger partial charge in [0, 0.05) is 54.8 Å². The Bertz CT molecular complexity index is 3640. The van der Waals surface area contributed by atoms with E-state index in [2.05, 4.69) is 68.5 Å². The van der Waals surface area contributed by atoms with Gasteiger partial charge in [-0.05, 0) is 43.5 Å². The Labute approximate surface area is 608 Å². The van der Waals surface area contributed by atoms with Crippen LogP contribution in [0.3, 0.4) is 0 Å². The molecule has 45 heteroatoms. The number of benzene rings is 1. The fraction of sp³-hybridized carbons (Fsp3) is 0.583. The summed E-state index contributed by atoms with van der Waals surface area (Å²) in [6, 6.07) is -13.8. The molecule has 1 saturated heterocycles. The average molecular weight is 1540 g/mol. The van der Waals surface area contributed by atoms with Gasteiger partial charge in [-0.25, -0.2) is 9.59 Å². The largest absolute Gasteiger partial charge is 0.508 e. The third kappa shape index (κ3) is 26.2. The summed E-state index contributed by atoms with van der Waals surface area (Å²) in [5, 5.41) is 88.1. The van der Waals surface area contributed by atoms with E-state index >= 15 is 4.79 Å². The number of ether oxygens (including phenoxy) is 2. The summed E-state index contributed by atoms with van der Waals surface area (Å²) in [7, 11) is 0.567. The average Bonchev–Trinajstić information content (AvgIpc) is 1.66. The molecular weight excluding hydrogens is 1450 g/mol. The number of aromatic nitrogens is 1. The molecule has 0 radical (unpaired) electrons. The van der Waals surface area contributed by atoms with Gasteiger partial charge in [-0.1, -0.05) is 48.8 Å². The number of aliphatic carboxylic acids is 3. The molecule has 0 spiro atoms. The van der Waals surface area contributed by atoms with Crippen molar-refractivity contribution in [3.63, 3.8) is 0 Å². The summed E-state index contributed by atoms with van der Waals surface area (Å²) in [6.07, 6.45) is -8.58. The Morgan fingerprint density at radius 3 is 1.97 bits per heavy atom. The predicted molar refractivity (Wildman–Crippen MR) is 368 cm³/mol. The van der Waals surface area contributed by atoms with E-state index in [-0.39, 0.29) is 64.8 Å². The highest BCUT2D eigenvalue weighted by Crippen LogP contribution is 2.31. The zero-order valence-corrected chi connectivity index (χ0v) is 59.6. The van der Waals surface area contributed by atoms with E-state index in [1.807, 2.05) is 0 Å². The minimum Gasteiger partial charge on any atom is -0.508 e. The summed E-state index contributed by atoms with van der Waals surface area (Å²) >= 11 is 0. The van der Waals surface area contributed by atoms with Crippen molar-refractivity contribution in [2.75, 3.05) is 63.7 Å². The number of rotatable bonds is 30. The zero-order chi connectivity index (χ0) is 78.1. The fourth-order valence-electron chi connectivity index (χ4n) is 10.9. The lowest BCUT2D eigenvalue weighted by molar-refractivity contribution is -0.144. The van der Waals surface area contributed by atoms with E-state index in [4.69, 9.17) is 26.7 Å². The molecule has 2 bridgehead atoms. The molecule has 1 aromatic carbocycles. The molecule has 15 atom stereocenters. The van der Waals surface area contributed by atoms with Gasteiger partial charge in [-0.2, -0.15) is 0 Å². The second kappa shape index (κ2) is 40.8. The number of carboxylic acids is 3. The van der Waals surface area contributed by atoms with Crippen LogP contribution in [-0.2, 0) is 98.6 Å². The van der Waals surface area contributed by atoms with Crippen LogP contribution in [-0.4, -0.2) is 282 Å². The zero-order valence-electron chi connectivity index (χ0n) is 57.1. The maximum Gasteiger partial charge on any atom is 0.508 e. The van der Waals surface area contributed by atoms with Crippen molar-refractivity contribution in [3.8, 4) is 5.75 Å². The highest BCUT2D eigenvalue weighted by Gasteiger charge is 2.46. The number of nitrogens with zero attached hydrogens (tertiary/aromatic N) is 2. The van der Waals surface area contributed by atoms with Crippen molar-refractivity contribution < 1.29 is 121 Å².